The highest BCUT2D eigenvalue weighted by atomic mass is 28.3. The van der Waals surface area contributed by atoms with Crippen LogP contribution in [-0.2, 0) is 27.2 Å². The zero-order chi connectivity index (χ0) is 20.9. The van der Waals surface area contributed by atoms with Crippen molar-refractivity contribution < 1.29 is 27.2 Å². The number of benzene rings is 1. The average molecular weight is 414 g/mol. The van der Waals surface area contributed by atoms with E-state index in [9.17, 15) is 4.79 Å². The summed E-state index contributed by atoms with van der Waals surface area (Å²) in [6.07, 6.45) is 2.03. The maximum absolute atomic E-state index is 10.5. The Kier molecular flexibility index (Phi) is 21.7. The minimum absolute atomic E-state index is 0.352. The first-order chi connectivity index (χ1) is 13.0. The van der Waals surface area contributed by atoms with Gasteiger partial charge >= 0.3 is 15.5 Å². The molecule has 0 bridgehead atoms. The highest BCUT2D eigenvalue weighted by Gasteiger charge is 2.09. The predicted octanol–water partition coefficient (Wildman–Crippen LogP) is 3.39. The van der Waals surface area contributed by atoms with E-state index in [0.717, 1.165) is 19.1 Å². The van der Waals surface area contributed by atoms with Gasteiger partial charge in [0, 0.05) is 34.0 Å². The number of carbonyl (C=O) groups excluding carboxylic acids is 1. The van der Waals surface area contributed by atoms with Crippen molar-refractivity contribution in [2.75, 3.05) is 34.5 Å². The number of carbonyl (C=O) groups is 1. The largest absolute Gasteiger partial charge is 0.576 e. The Bertz CT molecular complexity index is 455. The van der Waals surface area contributed by atoms with Crippen LogP contribution in [0.2, 0.25) is 6.04 Å². The van der Waals surface area contributed by atoms with Crippen molar-refractivity contribution in [1.82, 2.24) is 0 Å². The van der Waals surface area contributed by atoms with Crippen molar-refractivity contribution in [2.45, 2.75) is 33.2 Å². The maximum Gasteiger partial charge on any atom is 0.576 e. The van der Waals surface area contributed by atoms with Gasteiger partial charge in [-0.05, 0) is 44.4 Å². The van der Waals surface area contributed by atoms with Gasteiger partial charge < -0.3 is 22.4 Å². The van der Waals surface area contributed by atoms with Gasteiger partial charge in [-0.2, -0.15) is 0 Å². The lowest BCUT2D eigenvalue weighted by molar-refractivity contribution is -0.137. The molecule has 153 valence electrons. The molecule has 0 aliphatic carbocycles. The van der Waals surface area contributed by atoms with E-state index in [0.29, 0.717) is 16.4 Å². The van der Waals surface area contributed by atoms with Crippen LogP contribution in [-0.4, -0.2) is 59.8 Å². The fraction of sp³-hybridized carbons (Fsp3) is 0.526. The third-order valence-electron chi connectivity index (χ3n) is 3.01. The number of rotatable bonds is 10. The van der Waals surface area contributed by atoms with Crippen molar-refractivity contribution in [3.63, 3.8) is 0 Å². The monoisotopic (exact) mass is 413 g/mol. The Labute approximate surface area is 168 Å². The lowest BCUT2D eigenvalue weighted by atomic mass is 10.1. The maximum atomic E-state index is 10.5. The van der Waals surface area contributed by atoms with Crippen molar-refractivity contribution in [3.05, 3.63) is 48.0 Å². The van der Waals surface area contributed by atoms with E-state index in [1.54, 1.807) is 21.3 Å². The molecular weight excluding hydrogens is 380 g/mol. The van der Waals surface area contributed by atoms with Crippen LogP contribution in [0.1, 0.15) is 24.5 Å². The minimum atomic E-state index is -1.36. The van der Waals surface area contributed by atoms with Crippen LogP contribution in [0.3, 0.4) is 0 Å². The standard InChI is InChI=1S/C8H14O3Si.C8H10.C3H9O3Si/c1-3-8(9)10-6-5-7-12-11-4-2;1-7-5-3-4-6-8(7)2;1-4-7(5-2)6-3/h3H,1,4-7H2,2H3;3-6H,1-2H3;1-3H3. The summed E-state index contributed by atoms with van der Waals surface area (Å²) in [5.74, 6) is -0.352. The van der Waals surface area contributed by atoms with Crippen LogP contribution < -0.4 is 0 Å². The summed E-state index contributed by atoms with van der Waals surface area (Å²) < 4.78 is 24.0. The van der Waals surface area contributed by atoms with Gasteiger partial charge in [-0.3, -0.25) is 0 Å². The van der Waals surface area contributed by atoms with Gasteiger partial charge in [-0.1, -0.05) is 30.8 Å². The summed E-state index contributed by atoms with van der Waals surface area (Å²) in [5.41, 5.74) is 2.74. The van der Waals surface area contributed by atoms with Crippen LogP contribution in [0.25, 0.3) is 0 Å². The minimum Gasteiger partial charge on any atom is -0.463 e. The lowest BCUT2D eigenvalue weighted by Crippen LogP contribution is -2.21. The van der Waals surface area contributed by atoms with Crippen molar-refractivity contribution in [2.24, 2.45) is 0 Å². The number of hydrogen-bond acceptors (Lipinski definition) is 6. The van der Waals surface area contributed by atoms with Gasteiger partial charge in [0.05, 0.1) is 6.61 Å². The van der Waals surface area contributed by atoms with Gasteiger partial charge in [0.15, 0.2) is 0 Å². The molecule has 0 amide bonds. The first kappa shape index (κ1) is 27.9. The SMILES string of the molecule is C=CC(=O)OCCC[Si]OCC.CO[Si](OC)OC.Cc1ccccc1C. The molecule has 1 aromatic carbocycles. The second-order valence-corrected chi connectivity index (χ2v) is 7.80. The zero-order valence-corrected chi connectivity index (χ0v) is 19.4. The summed E-state index contributed by atoms with van der Waals surface area (Å²) >= 11 is 0. The molecule has 3 radical (unpaired) electrons. The fourth-order valence-electron chi connectivity index (χ4n) is 1.46. The highest BCUT2D eigenvalue weighted by Crippen LogP contribution is 2.02. The van der Waals surface area contributed by atoms with E-state index in [4.69, 9.17) is 22.4 Å². The molecular formula is C19H33O6Si2. The lowest BCUT2D eigenvalue weighted by Gasteiger charge is -2.02. The summed E-state index contributed by atoms with van der Waals surface area (Å²) in [4.78, 5) is 10.5. The highest BCUT2D eigenvalue weighted by molar-refractivity contribution is 6.36. The first-order valence-corrected chi connectivity index (χ1v) is 11.0. The zero-order valence-electron chi connectivity index (χ0n) is 17.4. The molecule has 0 fully saturated rings. The van der Waals surface area contributed by atoms with Crippen LogP contribution in [0.15, 0.2) is 36.9 Å². The molecule has 1 aromatic rings. The first-order valence-electron chi connectivity index (χ1n) is 8.61. The summed E-state index contributed by atoms with van der Waals surface area (Å²) in [6.45, 7) is 10.7. The van der Waals surface area contributed by atoms with Gasteiger partial charge in [0.2, 0.25) is 9.76 Å². The van der Waals surface area contributed by atoms with E-state index in [1.807, 2.05) is 6.92 Å². The Morgan fingerprint density at radius 3 is 1.96 bits per heavy atom. The third kappa shape index (κ3) is 19.3. The van der Waals surface area contributed by atoms with Gasteiger partial charge in [0.1, 0.15) is 0 Å². The smallest absolute Gasteiger partial charge is 0.463 e. The Morgan fingerprint density at radius 2 is 1.63 bits per heavy atom. The molecule has 8 heteroatoms. The summed E-state index contributed by atoms with van der Waals surface area (Å²) in [6, 6.07) is 9.31. The number of ether oxygens (including phenoxy) is 1. The van der Waals surface area contributed by atoms with E-state index < -0.39 is 9.53 Å². The molecule has 0 aromatic heterocycles. The molecule has 0 unspecified atom stereocenters. The molecule has 1 rings (SSSR count). The Balaban J connectivity index is 0. The molecule has 0 saturated carbocycles. The van der Waals surface area contributed by atoms with Crippen LogP contribution in [0.4, 0.5) is 0 Å². The molecule has 0 aliphatic heterocycles. The van der Waals surface area contributed by atoms with E-state index in [2.05, 4.69) is 44.7 Å². The van der Waals surface area contributed by atoms with E-state index >= 15 is 0 Å². The van der Waals surface area contributed by atoms with Crippen molar-refractivity contribution in [3.8, 4) is 0 Å². The Morgan fingerprint density at radius 1 is 1.11 bits per heavy atom. The van der Waals surface area contributed by atoms with E-state index in [-0.39, 0.29) is 5.97 Å². The van der Waals surface area contributed by atoms with E-state index in [1.165, 1.54) is 17.2 Å². The van der Waals surface area contributed by atoms with Crippen LogP contribution in [0, 0.1) is 13.8 Å². The molecule has 27 heavy (non-hydrogen) atoms. The third-order valence-corrected chi connectivity index (χ3v) is 5.06. The Hall–Kier alpha value is -1.30. The molecule has 0 atom stereocenters. The van der Waals surface area contributed by atoms with Gasteiger partial charge in [0.25, 0.3) is 0 Å². The molecule has 6 nitrogen and oxygen atoms in total. The topological polar surface area (TPSA) is 63.2 Å². The number of esters is 1. The second-order valence-electron chi connectivity index (χ2n) is 5.00. The normalized spacial score (nSPS) is 9.59. The van der Waals surface area contributed by atoms with Crippen molar-refractivity contribution in [1.29, 1.82) is 0 Å². The van der Waals surface area contributed by atoms with Crippen molar-refractivity contribution >= 4 is 25.3 Å². The summed E-state index contributed by atoms with van der Waals surface area (Å²) in [7, 11) is 3.83. The molecule has 0 spiro atoms. The number of aryl methyl sites for hydroxylation is 2. The van der Waals surface area contributed by atoms with Gasteiger partial charge in [-0.15, -0.1) is 0 Å². The quantitative estimate of drug-likeness (QED) is 0.254. The average Bonchev–Trinajstić information content (AvgIpc) is 2.69. The fourth-order valence-corrected chi connectivity index (χ4v) is 2.60. The van der Waals surface area contributed by atoms with Gasteiger partial charge in [-0.25, -0.2) is 4.79 Å². The second kappa shape index (κ2) is 21.0. The van der Waals surface area contributed by atoms with Crippen LogP contribution >= 0.6 is 0 Å². The van der Waals surface area contributed by atoms with Crippen LogP contribution in [0.5, 0.6) is 0 Å². The predicted molar refractivity (Wildman–Crippen MR) is 111 cm³/mol. The molecule has 0 heterocycles. The molecule has 0 saturated heterocycles. The molecule has 0 N–H and O–H groups in total. The molecule has 0 aliphatic rings. The summed E-state index contributed by atoms with van der Waals surface area (Å²) in [5, 5.41) is 0. The number of hydrogen-bond donors (Lipinski definition) is 0.